The third-order valence-corrected chi connectivity index (χ3v) is 3.32. The van der Waals surface area contributed by atoms with E-state index in [4.69, 9.17) is 5.11 Å². The molecule has 0 aromatic heterocycles. The van der Waals surface area contributed by atoms with Gasteiger partial charge in [0.05, 0.1) is 6.42 Å². The van der Waals surface area contributed by atoms with Gasteiger partial charge in [-0.1, -0.05) is 20.3 Å². The third kappa shape index (κ3) is 4.49. The largest absolute Gasteiger partial charge is 0.481 e. The minimum atomic E-state index is -0.696. The summed E-state index contributed by atoms with van der Waals surface area (Å²) < 4.78 is 0. The molecule has 2 N–H and O–H groups in total. The Morgan fingerprint density at radius 1 is 1.44 bits per heavy atom. The molecule has 0 saturated carbocycles. The Bertz CT molecular complexity index is 221. The lowest BCUT2D eigenvalue weighted by atomic mass is 9.92. The smallest absolute Gasteiger partial charge is 0.304 e. The maximum absolute atomic E-state index is 10.6. The van der Waals surface area contributed by atoms with Gasteiger partial charge in [-0.3, -0.25) is 4.79 Å². The summed E-state index contributed by atoms with van der Waals surface area (Å²) in [4.78, 5) is 12.8. The molecule has 1 rings (SSSR count). The lowest BCUT2D eigenvalue weighted by Gasteiger charge is -2.37. The van der Waals surface area contributed by atoms with Gasteiger partial charge in [0.25, 0.3) is 0 Å². The van der Waals surface area contributed by atoms with Crippen molar-refractivity contribution < 1.29 is 9.90 Å². The topological polar surface area (TPSA) is 52.6 Å². The lowest BCUT2D eigenvalue weighted by Crippen LogP contribution is -2.49. The van der Waals surface area contributed by atoms with Gasteiger partial charge >= 0.3 is 5.97 Å². The van der Waals surface area contributed by atoms with E-state index in [1.807, 2.05) is 0 Å². The molecule has 0 bridgehead atoms. The van der Waals surface area contributed by atoms with Crippen molar-refractivity contribution in [3.05, 3.63) is 0 Å². The standard InChI is InChI=1S/C12H24N2O2/c1-3-10-7-11(13-4-2)9-14(8-10)6-5-12(15)16/h10-11,13H,3-9H2,1-2H3,(H,15,16). The van der Waals surface area contributed by atoms with Crippen LogP contribution in [0.1, 0.15) is 33.1 Å². The number of likely N-dealkylation sites (N-methyl/N-ethyl adjacent to an activating group) is 1. The maximum atomic E-state index is 10.6. The minimum Gasteiger partial charge on any atom is -0.481 e. The molecule has 4 heteroatoms. The number of carbonyl (C=O) groups is 1. The molecule has 0 aliphatic carbocycles. The zero-order valence-corrected chi connectivity index (χ0v) is 10.4. The molecule has 0 aromatic carbocycles. The fourth-order valence-electron chi connectivity index (χ4n) is 2.47. The SMILES string of the molecule is CCNC1CC(CC)CN(CCC(=O)O)C1. The van der Waals surface area contributed by atoms with E-state index in [1.54, 1.807) is 0 Å². The normalized spacial score (nSPS) is 26.9. The summed E-state index contributed by atoms with van der Waals surface area (Å²) >= 11 is 0. The molecule has 1 saturated heterocycles. The fraction of sp³-hybridized carbons (Fsp3) is 0.917. The molecule has 1 heterocycles. The third-order valence-electron chi connectivity index (χ3n) is 3.32. The van der Waals surface area contributed by atoms with Gasteiger partial charge < -0.3 is 15.3 Å². The molecule has 1 fully saturated rings. The summed E-state index contributed by atoms with van der Waals surface area (Å²) in [6.07, 6.45) is 2.68. The van der Waals surface area contributed by atoms with Crippen LogP contribution in [-0.4, -0.2) is 48.2 Å². The predicted molar refractivity (Wildman–Crippen MR) is 64.6 cm³/mol. The summed E-state index contributed by atoms with van der Waals surface area (Å²) in [6.45, 7) is 8.08. The Hall–Kier alpha value is -0.610. The number of nitrogens with one attached hydrogen (secondary N) is 1. The highest BCUT2D eigenvalue weighted by atomic mass is 16.4. The molecule has 1 aliphatic rings. The van der Waals surface area contributed by atoms with Crippen molar-refractivity contribution in [3.8, 4) is 0 Å². The van der Waals surface area contributed by atoms with Gasteiger partial charge in [-0.2, -0.15) is 0 Å². The maximum Gasteiger partial charge on any atom is 0.304 e. The van der Waals surface area contributed by atoms with Crippen LogP contribution in [0.3, 0.4) is 0 Å². The first-order valence-corrected chi connectivity index (χ1v) is 6.33. The predicted octanol–water partition coefficient (Wildman–Crippen LogP) is 1.17. The number of rotatable bonds is 6. The average molecular weight is 228 g/mol. The molecular formula is C12H24N2O2. The number of aliphatic carboxylic acids is 1. The molecule has 94 valence electrons. The van der Waals surface area contributed by atoms with Crippen LogP contribution in [0.2, 0.25) is 0 Å². The number of likely N-dealkylation sites (tertiary alicyclic amines) is 1. The first kappa shape index (κ1) is 13.5. The number of carboxylic acids is 1. The second-order valence-electron chi connectivity index (χ2n) is 4.67. The van der Waals surface area contributed by atoms with Gasteiger partial charge in [0.2, 0.25) is 0 Å². The van der Waals surface area contributed by atoms with Crippen LogP contribution < -0.4 is 5.32 Å². The van der Waals surface area contributed by atoms with Crippen molar-refractivity contribution in [2.45, 2.75) is 39.2 Å². The quantitative estimate of drug-likeness (QED) is 0.716. The van der Waals surface area contributed by atoms with Crippen LogP contribution in [0.25, 0.3) is 0 Å². The van der Waals surface area contributed by atoms with Crippen molar-refractivity contribution in [1.29, 1.82) is 0 Å². The van der Waals surface area contributed by atoms with E-state index in [0.717, 1.165) is 19.6 Å². The van der Waals surface area contributed by atoms with Gasteiger partial charge in [0, 0.05) is 25.7 Å². The zero-order valence-electron chi connectivity index (χ0n) is 10.4. The first-order valence-electron chi connectivity index (χ1n) is 6.33. The van der Waals surface area contributed by atoms with Crippen LogP contribution in [0.15, 0.2) is 0 Å². The van der Waals surface area contributed by atoms with Crippen molar-refractivity contribution >= 4 is 5.97 Å². The van der Waals surface area contributed by atoms with Crippen molar-refractivity contribution in [1.82, 2.24) is 10.2 Å². The van der Waals surface area contributed by atoms with Gasteiger partial charge in [-0.05, 0) is 18.9 Å². The highest BCUT2D eigenvalue weighted by Gasteiger charge is 2.25. The van der Waals surface area contributed by atoms with Crippen molar-refractivity contribution in [2.24, 2.45) is 5.92 Å². The number of nitrogens with zero attached hydrogens (tertiary/aromatic N) is 1. The Balaban J connectivity index is 2.40. The van der Waals surface area contributed by atoms with Crippen LogP contribution in [0.5, 0.6) is 0 Å². The van der Waals surface area contributed by atoms with Gasteiger partial charge in [-0.15, -0.1) is 0 Å². The summed E-state index contributed by atoms with van der Waals surface area (Å²) in [5.74, 6) is 0.0187. The number of carboxylic acid groups (broad SMARTS) is 1. The molecular weight excluding hydrogens is 204 g/mol. The molecule has 0 radical (unpaired) electrons. The minimum absolute atomic E-state index is 0.259. The molecule has 0 aromatic rings. The van der Waals surface area contributed by atoms with Crippen LogP contribution >= 0.6 is 0 Å². The van der Waals surface area contributed by atoms with Gasteiger partial charge in [0.1, 0.15) is 0 Å². The van der Waals surface area contributed by atoms with Crippen LogP contribution in [0.4, 0.5) is 0 Å². The molecule has 0 spiro atoms. The molecule has 2 unspecified atom stereocenters. The Kier molecular flexibility index (Phi) is 5.77. The lowest BCUT2D eigenvalue weighted by molar-refractivity contribution is -0.137. The molecule has 0 amide bonds. The van der Waals surface area contributed by atoms with E-state index in [-0.39, 0.29) is 6.42 Å². The monoisotopic (exact) mass is 228 g/mol. The van der Waals surface area contributed by atoms with E-state index in [9.17, 15) is 4.79 Å². The number of piperidine rings is 1. The fourth-order valence-corrected chi connectivity index (χ4v) is 2.47. The van der Waals surface area contributed by atoms with Crippen LogP contribution in [0, 0.1) is 5.92 Å². The first-order chi connectivity index (χ1) is 7.65. The summed E-state index contributed by atoms with van der Waals surface area (Å²) in [5, 5.41) is 12.2. The van der Waals surface area contributed by atoms with E-state index in [0.29, 0.717) is 18.5 Å². The summed E-state index contributed by atoms with van der Waals surface area (Å²) in [6, 6.07) is 0.539. The zero-order chi connectivity index (χ0) is 12.0. The highest BCUT2D eigenvalue weighted by molar-refractivity contribution is 5.66. The molecule has 2 atom stereocenters. The number of hydrogen-bond donors (Lipinski definition) is 2. The van der Waals surface area contributed by atoms with E-state index in [2.05, 4.69) is 24.1 Å². The second-order valence-corrected chi connectivity index (χ2v) is 4.67. The summed E-state index contributed by atoms with van der Waals surface area (Å²) in [5.41, 5.74) is 0. The summed E-state index contributed by atoms with van der Waals surface area (Å²) in [7, 11) is 0. The van der Waals surface area contributed by atoms with Crippen molar-refractivity contribution in [3.63, 3.8) is 0 Å². The molecule has 1 aliphatic heterocycles. The Labute approximate surface area is 98.0 Å². The highest BCUT2D eigenvalue weighted by Crippen LogP contribution is 2.19. The second kappa shape index (κ2) is 6.86. The van der Waals surface area contributed by atoms with E-state index in [1.165, 1.54) is 12.8 Å². The van der Waals surface area contributed by atoms with E-state index < -0.39 is 5.97 Å². The molecule has 4 nitrogen and oxygen atoms in total. The molecule has 16 heavy (non-hydrogen) atoms. The Morgan fingerprint density at radius 2 is 2.19 bits per heavy atom. The van der Waals surface area contributed by atoms with Crippen LogP contribution in [-0.2, 0) is 4.79 Å². The van der Waals surface area contributed by atoms with Gasteiger partial charge in [-0.25, -0.2) is 0 Å². The number of hydrogen-bond acceptors (Lipinski definition) is 3. The van der Waals surface area contributed by atoms with E-state index >= 15 is 0 Å². The van der Waals surface area contributed by atoms with Gasteiger partial charge in [0.15, 0.2) is 0 Å². The average Bonchev–Trinajstić information content (AvgIpc) is 2.26. The van der Waals surface area contributed by atoms with Crippen molar-refractivity contribution in [2.75, 3.05) is 26.2 Å². The Morgan fingerprint density at radius 3 is 2.75 bits per heavy atom.